The molecular weight excluding hydrogens is 223 g/mol. The summed E-state index contributed by atoms with van der Waals surface area (Å²) in [7, 11) is 1.47. The first-order valence-corrected chi connectivity index (χ1v) is 5.67. The zero-order valence-corrected chi connectivity index (χ0v) is 9.70. The van der Waals surface area contributed by atoms with Crippen LogP contribution in [0.4, 0.5) is 4.39 Å². The first-order chi connectivity index (χ1) is 8.10. The maximum atomic E-state index is 13.3. The third-order valence-electron chi connectivity index (χ3n) is 3.54. The van der Waals surface area contributed by atoms with Gasteiger partial charge in [-0.2, -0.15) is 0 Å². The fraction of sp³-hybridized carbons (Fsp3) is 0.462. The van der Waals surface area contributed by atoms with Crippen LogP contribution in [0.15, 0.2) is 18.2 Å². The van der Waals surface area contributed by atoms with E-state index in [1.165, 1.54) is 25.3 Å². The van der Waals surface area contributed by atoms with Crippen molar-refractivity contribution in [1.82, 2.24) is 0 Å². The third-order valence-corrected chi connectivity index (χ3v) is 3.54. The first kappa shape index (κ1) is 11.9. The molecule has 0 bridgehead atoms. The Labute approximate surface area is 99.2 Å². The molecule has 0 amide bonds. The van der Waals surface area contributed by atoms with Gasteiger partial charge in [-0.25, -0.2) is 4.39 Å². The molecule has 0 aromatic heterocycles. The Bertz CT molecular complexity index is 436. The summed E-state index contributed by atoms with van der Waals surface area (Å²) in [5.74, 6) is -0.858. The van der Waals surface area contributed by atoms with E-state index < -0.39 is 17.2 Å². The van der Waals surface area contributed by atoms with Crippen LogP contribution in [-0.4, -0.2) is 18.2 Å². The predicted octanol–water partition coefficient (Wildman–Crippen LogP) is 2.73. The van der Waals surface area contributed by atoms with Crippen molar-refractivity contribution >= 4 is 5.97 Å². The Balaban J connectivity index is 2.56. The molecule has 1 aliphatic carbocycles. The average molecular weight is 238 g/mol. The Morgan fingerprint density at radius 1 is 1.41 bits per heavy atom. The van der Waals surface area contributed by atoms with Crippen molar-refractivity contribution in [1.29, 1.82) is 0 Å². The van der Waals surface area contributed by atoms with Crippen LogP contribution in [0, 0.1) is 5.82 Å². The molecule has 17 heavy (non-hydrogen) atoms. The number of ether oxygens (including phenoxy) is 1. The normalized spacial score (nSPS) is 18.0. The van der Waals surface area contributed by atoms with Crippen molar-refractivity contribution in [2.75, 3.05) is 7.11 Å². The summed E-state index contributed by atoms with van der Waals surface area (Å²) in [6.45, 7) is 0. The summed E-state index contributed by atoms with van der Waals surface area (Å²) in [4.78, 5) is 11.5. The van der Waals surface area contributed by atoms with E-state index in [0.29, 0.717) is 24.2 Å². The molecule has 0 saturated heterocycles. The first-order valence-electron chi connectivity index (χ1n) is 5.67. The number of carboxylic acids is 1. The van der Waals surface area contributed by atoms with E-state index in [4.69, 9.17) is 4.74 Å². The lowest BCUT2D eigenvalue weighted by atomic mass is 9.78. The van der Waals surface area contributed by atoms with Gasteiger partial charge in [0.25, 0.3) is 0 Å². The quantitative estimate of drug-likeness (QED) is 0.880. The molecular formula is C13H15FO3. The van der Waals surface area contributed by atoms with Gasteiger partial charge in [-0.1, -0.05) is 12.8 Å². The molecule has 1 saturated carbocycles. The van der Waals surface area contributed by atoms with Crippen LogP contribution >= 0.6 is 0 Å². The van der Waals surface area contributed by atoms with Crippen LogP contribution in [0.1, 0.15) is 31.2 Å². The Hall–Kier alpha value is -1.58. The third kappa shape index (κ3) is 1.88. The van der Waals surface area contributed by atoms with Crippen molar-refractivity contribution in [3.05, 3.63) is 29.6 Å². The smallest absolute Gasteiger partial charge is 0.314 e. The molecule has 0 unspecified atom stereocenters. The van der Waals surface area contributed by atoms with Gasteiger partial charge in [0.1, 0.15) is 11.6 Å². The van der Waals surface area contributed by atoms with Gasteiger partial charge >= 0.3 is 5.97 Å². The summed E-state index contributed by atoms with van der Waals surface area (Å²) in [5.41, 5.74) is -0.516. The van der Waals surface area contributed by atoms with Crippen LogP contribution in [0.25, 0.3) is 0 Å². The number of hydrogen-bond acceptors (Lipinski definition) is 2. The molecule has 3 nitrogen and oxygen atoms in total. The highest BCUT2D eigenvalue weighted by Gasteiger charge is 2.44. The van der Waals surface area contributed by atoms with Crippen LogP contribution in [0.5, 0.6) is 5.75 Å². The van der Waals surface area contributed by atoms with Gasteiger partial charge in [-0.15, -0.1) is 0 Å². The van der Waals surface area contributed by atoms with Gasteiger partial charge in [-0.3, -0.25) is 4.79 Å². The highest BCUT2D eigenvalue weighted by molar-refractivity contribution is 5.83. The minimum absolute atomic E-state index is 0.423. The van der Waals surface area contributed by atoms with Crippen molar-refractivity contribution < 1.29 is 19.0 Å². The van der Waals surface area contributed by atoms with Crippen LogP contribution in [0.2, 0.25) is 0 Å². The lowest BCUT2D eigenvalue weighted by molar-refractivity contribution is -0.143. The zero-order valence-electron chi connectivity index (χ0n) is 9.70. The molecule has 2 rings (SSSR count). The number of hydrogen-bond donors (Lipinski definition) is 1. The van der Waals surface area contributed by atoms with E-state index in [1.807, 2.05) is 0 Å². The van der Waals surface area contributed by atoms with E-state index in [2.05, 4.69) is 0 Å². The van der Waals surface area contributed by atoms with Crippen LogP contribution < -0.4 is 4.74 Å². The average Bonchev–Trinajstić information content (AvgIpc) is 2.79. The molecule has 1 N–H and O–H groups in total. The predicted molar refractivity (Wildman–Crippen MR) is 60.7 cm³/mol. The fourth-order valence-corrected chi connectivity index (χ4v) is 2.63. The number of carbonyl (C=O) groups is 1. The molecule has 1 aliphatic rings. The second-order valence-electron chi connectivity index (χ2n) is 4.44. The van der Waals surface area contributed by atoms with Gasteiger partial charge < -0.3 is 9.84 Å². The summed E-state index contributed by atoms with van der Waals surface area (Å²) in [6, 6.07) is 4.07. The maximum absolute atomic E-state index is 13.3. The van der Waals surface area contributed by atoms with Crippen LogP contribution in [-0.2, 0) is 10.2 Å². The number of rotatable bonds is 3. The Kier molecular flexibility index (Phi) is 3.05. The van der Waals surface area contributed by atoms with Gasteiger partial charge in [0.05, 0.1) is 12.5 Å². The van der Waals surface area contributed by atoms with E-state index in [0.717, 1.165) is 12.8 Å². The Morgan fingerprint density at radius 3 is 2.59 bits per heavy atom. The standard InChI is InChI=1S/C13H15FO3/c1-17-11-5-4-9(14)8-10(11)13(12(15)16)6-2-3-7-13/h4-5,8H,2-3,6-7H2,1H3,(H,15,16). The monoisotopic (exact) mass is 238 g/mol. The second-order valence-corrected chi connectivity index (χ2v) is 4.44. The summed E-state index contributed by atoms with van der Waals surface area (Å²) >= 11 is 0. The molecule has 1 aromatic rings. The van der Waals surface area contributed by atoms with Crippen molar-refractivity contribution in [2.24, 2.45) is 0 Å². The molecule has 0 spiro atoms. The van der Waals surface area contributed by atoms with Crippen LogP contribution in [0.3, 0.4) is 0 Å². The van der Waals surface area contributed by atoms with Crippen molar-refractivity contribution in [3.63, 3.8) is 0 Å². The minimum Gasteiger partial charge on any atom is -0.496 e. The minimum atomic E-state index is -0.979. The van der Waals surface area contributed by atoms with Gasteiger partial charge in [0.2, 0.25) is 0 Å². The molecule has 4 heteroatoms. The SMILES string of the molecule is COc1ccc(F)cc1C1(C(=O)O)CCCC1. The second kappa shape index (κ2) is 4.35. The molecule has 0 heterocycles. The number of benzene rings is 1. The number of halogens is 1. The number of aliphatic carboxylic acids is 1. The lowest BCUT2D eigenvalue weighted by Gasteiger charge is -2.26. The summed E-state index contributed by atoms with van der Waals surface area (Å²) in [6.07, 6.45) is 2.79. The van der Waals surface area contributed by atoms with E-state index in [1.54, 1.807) is 0 Å². The van der Waals surface area contributed by atoms with E-state index in [9.17, 15) is 14.3 Å². The van der Waals surface area contributed by atoms with Crippen molar-refractivity contribution in [2.45, 2.75) is 31.1 Å². The Morgan fingerprint density at radius 2 is 2.06 bits per heavy atom. The lowest BCUT2D eigenvalue weighted by Crippen LogP contribution is -2.33. The molecule has 0 radical (unpaired) electrons. The van der Waals surface area contributed by atoms with E-state index >= 15 is 0 Å². The molecule has 1 aromatic carbocycles. The number of carboxylic acid groups (broad SMARTS) is 1. The molecule has 1 fully saturated rings. The highest BCUT2D eigenvalue weighted by Crippen LogP contribution is 2.45. The highest BCUT2D eigenvalue weighted by atomic mass is 19.1. The molecule has 0 atom stereocenters. The van der Waals surface area contributed by atoms with Gasteiger partial charge in [0.15, 0.2) is 0 Å². The summed E-state index contributed by atoms with van der Waals surface area (Å²) < 4.78 is 18.5. The van der Waals surface area contributed by atoms with Crippen molar-refractivity contribution in [3.8, 4) is 5.75 Å². The maximum Gasteiger partial charge on any atom is 0.314 e. The fourth-order valence-electron chi connectivity index (χ4n) is 2.63. The topological polar surface area (TPSA) is 46.5 Å². The van der Waals surface area contributed by atoms with Gasteiger partial charge in [0, 0.05) is 5.56 Å². The number of methoxy groups -OCH3 is 1. The van der Waals surface area contributed by atoms with Gasteiger partial charge in [-0.05, 0) is 31.0 Å². The molecule has 0 aliphatic heterocycles. The zero-order chi connectivity index (χ0) is 12.5. The van der Waals surface area contributed by atoms with E-state index in [-0.39, 0.29) is 0 Å². The largest absolute Gasteiger partial charge is 0.496 e. The summed E-state index contributed by atoms with van der Waals surface area (Å²) in [5, 5.41) is 9.45. The molecule has 92 valence electrons.